The fourth-order valence-electron chi connectivity index (χ4n) is 2.80. The highest BCUT2D eigenvalue weighted by Crippen LogP contribution is 2.29. The largest absolute Gasteiger partial charge is 0.329 e. The van der Waals surface area contributed by atoms with Crippen LogP contribution in [0.3, 0.4) is 0 Å². The first-order valence-electron chi connectivity index (χ1n) is 6.40. The SMILES string of the molecule is NCC1(NC2CCCCCC2)CCSC1. The van der Waals surface area contributed by atoms with Crippen LogP contribution in [0.15, 0.2) is 0 Å². The molecule has 0 aromatic heterocycles. The molecule has 0 amide bonds. The summed E-state index contributed by atoms with van der Waals surface area (Å²) in [6.45, 7) is 0.816. The summed E-state index contributed by atoms with van der Waals surface area (Å²) in [6, 6.07) is 0.745. The van der Waals surface area contributed by atoms with E-state index < -0.39 is 0 Å². The van der Waals surface area contributed by atoms with E-state index in [1.54, 1.807) is 0 Å². The zero-order valence-corrected chi connectivity index (χ0v) is 10.5. The Kier molecular flexibility index (Phi) is 4.35. The van der Waals surface area contributed by atoms with Crippen LogP contribution in [0, 0.1) is 0 Å². The number of hydrogen-bond acceptors (Lipinski definition) is 3. The van der Waals surface area contributed by atoms with Crippen molar-refractivity contribution in [3.63, 3.8) is 0 Å². The maximum atomic E-state index is 5.95. The van der Waals surface area contributed by atoms with Gasteiger partial charge in [0, 0.05) is 23.9 Å². The van der Waals surface area contributed by atoms with Gasteiger partial charge in [-0.3, -0.25) is 0 Å². The average molecular weight is 228 g/mol. The molecule has 0 bridgehead atoms. The lowest BCUT2D eigenvalue weighted by atomic mass is 9.96. The van der Waals surface area contributed by atoms with E-state index in [9.17, 15) is 0 Å². The van der Waals surface area contributed by atoms with Gasteiger partial charge in [-0.15, -0.1) is 0 Å². The minimum Gasteiger partial charge on any atom is -0.329 e. The van der Waals surface area contributed by atoms with E-state index in [1.165, 1.54) is 56.5 Å². The molecule has 88 valence electrons. The first-order chi connectivity index (χ1) is 7.35. The lowest BCUT2D eigenvalue weighted by Gasteiger charge is -2.33. The molecule has 1 heterocycles. The number of nitrogens with one attached hydrogen (secondary N) is 1. The number of nitrogens with two attached hydrogens (primary N) is 1. The fourth-order valence-corrected chi connectivity index (χ4v) is 4.21. The fraction of sp³-hybridized carbons (Fsp3) is 1.00. The van der Waals surface area contributed by atoms with Crippen LogP contribution >= 0.6 is 11.8 Å². The second kappa shape index (κ2) is 5.55. The highest BCUT2D eigenvalue weighted by molar-refractivity contribution is 7.99. The Morgan fingerprint density at radius 2 is 1.93 bits per heavy atom. The summed E-state index contributed by atoms with van der Waals surface area (Å²) in [5.74, 6) is 2.51. The normalized spacial score (nSPS) is 34.2. The van der Waals surface area contributed by atoms with Gasteiger partial charge in [-0.2, -0.15) is 11.8 Å². The van der Waals surface area contributed by atoms with E-state index >= 15 is 0 Å². The molecule has 0 radical (unpaired) electrons. The molecule has 1 atom stereocenters. The molecule has 1 saturated heterocycles. The molecule has 3 heteroatoms. The third-order valence-electron chi connectivity index (χ3n) is 3.86. The van der Waals surface area contributed by atoms with Crippen LogP contribution in [0.5, 0.6) is 0 Å². The number of thioether (sulfide) groups is 1. The lowest BCUT2D eigenvalue weighted by molar-refractivity contribution is 0.303. The second-order valence-electron chi connectivity index (χ2n) is 5.12. The van der Waals surface area contributed by atoms with Crippen molar-refractivity contribution in [2.75, 3.05) is 18.1 Å². The van der Waals surface area contributed by atoms with Gasteiger partial charge in [0.25, 0.3) is 0 Å². The summed E-state index contributed by atoms with van der Waals surface area (Å²) in [5, 5.41) is 3.88. The molecule has 15 heavy (non-hydrogen) atoms. The average Bonchev–Trinajstić information content (AvgIpc) is 2.57. The molecule has 0 spiro atoms. The highest BCUT2D eigenvalue weighted by Gasteiger charge is 2.34. The topological polar surface area (TPSA) is 38.0 Å². The van der Waals surface area contributed by atoms with Crippen molar-refractivity contribution in [1.82, 2.24) is 5.32 Å². The zero-order valence-electron chi connectivity index (χ0n) is 9.63. The molecule has 2 rings (SSSR count). The molecule has 1 aliphatic heterocycles. The predicted molar refractivity (Wildman–Crippen MR) is 68.4 cm³/mol. The maximum absolute atomic E-state index is 5.95. The minimum atomic E-state index is 0.277. The van der Waals surface area contributed by atoms with Crippen LogP contribution in [0.2, 0.25) is 0 Å². The summed E-state index contributed by atoms with van der Waals surface area (Å²) in [4.78, 5) is 0. The number of hydrogen-bond donors (Lipinski definition) is 2. The van der Waals surface area contributed by atoms with Crippen LogP contribution in [0.25, 0.3) is 0 Å². The third-order valence-corrected chi connectivity index (χ3v) is 5.11. The molecular formula is C12H24N2S. The molecule has 0 aromatic carbocycles. The van der Waals surface area contributed by atoms with Gasteiger partial charge in [0.15, 0.2) is 0 Å². The van der Waals surface area contributed by atoms with Crippen LogP contribution < -0.4 is 11.1 Å². The molecule has 1 aliphatic carbocycles. The maximum Gasteiger partial charge on any atom is 0.0405 e. The van der Waals surface area contributed by atoms with E-state index in [4.69, 9.17) is 5.73 Å². The Hall–Kier alpha value is 0.270. The Morgan fingerprint density at radius 3 is 2.47 bits per heavy atom. The van der Waals surface area contributed by atoms with Gasteiger partial charge in [-0.25, -0.2) is 0 Å². The van der Waals surface area contributed by atoms with Gasteiger partial charge in [0.05, 0.1) is 0 Å². The van der Waals surface area contributed by atoms with Gasteiger partial charge in [0.1, 0.15) is 0 Å². The zero-order chi connectivity index (χ0) is 10.6. The summed E-state index contributed by atoms with van der Waals surface area (Å²) in [5.41, 5.74) is 6.23. The van der Waals surface area contributed by atoms with Gasteiger partial charge in [-0.1, -0.05) is 25.7 Å². The first kappa shape index (κ1) is 11.7. The van der Waals surface area contributed by atoms with Gasteiger partial charge >= 0.3 is 0 Å². The Labute approximate surface area is 97.8 Å². The molecule has 1 unspecified atom stereocenters. The Bertz CT molecular complexity index is 182. The van der Waals surface area contributed by atoms with Crippen molar-refractivity contribution in [3.05, 3.63) is 0 Å². The van der Waals surface area contributed by atoms with E-state index in [2.05, 4.69) is 17.1 Å². The second-order valence-corrected chi connectivity index (χ2v) is 6.23. The molecule has 1 saturated carbocycles. The van der Waals surface area contributed by atoms with Crippen molar-refractivity contribution >= 4 is 11.8 Å². The van der Waals surface area contributed by atoms with Crippen molar-refractivity contribution in [3.8, 4) is 0 Å². The summed E-state index contributed by atoms with van der Waals surface area (Å²) in [7, 11) is 0. The first-order valence-corrected chi connectivity index (χ1v) is 7.56. The highest BCUT2D eigenvalue weighted by atomic mass is 32.2. The molecule has 3 N–H and O–H groups in total. The van der Waals surface area contributed by atoms with Crippen molar-refractivity contribution in [2.45, 2.75) is 56.5 Å². The van der Waals surface area contributed by atoms with Crippen molar-refractivity contribution < 1.29 is 0 Å². The van der Waals surface area contributed by atoms with Gasteiger partial charge < -0.3 is 11.1 Å². The van der Waals surface area contributed by atoms with Crippen LogP contribution in [-0.2, 0) is 0 Å². The Morgan fingerprint density at radius 1 is 1.20 bits per heavy atom. The smallest absolute Gasteiger partial charge is 0.0405 e. The monoisotopic (exact) mass is 228 g/mol. The summed E-state index contributed by atoms with van der Waals surface area (Å²) < 4.78 is 0. The van der Waals surface area contributed by atoms with Gasteiger partial charge in [-0.05, 0) is 25.0 Å². The quantitative estimate of drug-likeness (QED) is 0.727. The van der Waals surface area contributed by atoms with Crippen LogP contribution in [0.4, 0.5) is 0 Å². The molecule has 2 aliphatic rings. The molecule has 2 nitrogen and oxygen atoms in total. The van der Waals surface area contributed by atoms with E-state index in [-0.39, 0.29) is 5.54 Å². The van der Waals surface area contributed by atoms with E-state index in [1.807, 2.05) is 0 Å². The predicted octanol–water partition coefficient (Wildman–Crippen LogP) is 2.13. The van der Waals surface area contributed by atoms with Crippen molar-refractivity contribution in [1.29, 1.82) is 0 Å². The summed E-state index contributed by atoms with van der Waals surface area (Å²) in [6.07, 6.45) is 9.69. The minimum absolute atomic E-state index is 0.277. The molecule has 2 fully saturated rings. The summed E-state index contributed by atoms with van der Waals surface area (Å²) >= 11 is 2.06. The van der Waals surface area contributed by atoms with Crippen molar-refractivity contribution in [2.24, 2.45) is 5.73 Å². The van der Waals surface area contributed by atoms with E-state index in [0.29, 0.717) is 0 Å². The van der Waals surface area contributed by atoms with Crippen LogP contribution in [-0.4, -0.2) is 29.6 Å². The number of rotatable bonds is 3. The molecular weight excluding hydrogens is 204 g/mol. The standard InChI is InChI=1S/C12H24N2S/c13-9-12(7-8-15-10-12)14-11-5-3-1-2-4-6-11/h11,14H,1-10,13H2. The third kappa shape index (κ3) is 3.11. The lowest BCUT2D eigenvalue weighted by Crippen LogP contribution is -2.55. The van der Waals surface area contributed by atoms with E-state index in [0.717, 1.165) is 12.6 Å². The Balaban J connectivity index is 1.87. The van der Waals surface area contributed by atoms with Crippen LogP contribution in [0.1, 0.15) is 44.9 Å². The molecule has 0 aromatic rings. The van der Waals surface area contributed by atoms with Gasteiger partial charge in [0.2, 0.25) is 0 Å².